The van der Waals surface area contributed by atoms with Crippen LogP contribution in [-0.2, 0) is 5.54 Å². The summed E-state index contributed by atoms with van der Waals surface area (Å²) in [6.45, 7) is 8.34. The molecule has 1 saturated carbocycles. The van der Waals surface area contributed by atoms with Crippen molar-refractivity contribution in [3.05, 3.63) is 35.9 Å². The Hall–Kier alpha value is -0.860. The predicted octanol–water partition coefficient (Wildman–Crippen LogP) is 3.78. The summed E-state index contributed by atoms with van der Waals surface area (Å²) >= 11 is 0. The van der Waals surface area contributed by atoms with Crippen LogP contribution in [0.5, 0.6) is 0 Å². The molecule has 2 atom stereocenters. The summed E-state index contributed by atoms with van der Waals surface area (Å²) in [5.74, 6) is 0.936. The van der Waals surface area contributed by atoms with E-state index < -0.39 is 0 Å². The Labute approximate surface area is 129 Å². The zero-order valence-corrected chi connectivity index (χ0v) is 13.6. The van der Waals surface area contributed by atoms with Crippen LogP contribution in [0.2, 0.25) is 0 Å². The second kappa shape index (κ2) is 6.50. The molecule has 1 saturated heterocycles. The molecule has 3 rings (SSSR count). The molecule has 21 heavy (non-hydrogen) atoms. The fourth-order valence-corrected chi connectivity index (χ4v) is 4.13. The molecule has 0 radical (unpaired) electrons. The van der Waals surface area contributed by atoms with Crippen LogP contribution in [0.1, 0.15) is 51.5 Å². The molecule has 1 aliphatic carbocycles. The van der Waals surface area contributed by atoms with Crippen molar-refractivity contribution in [2.45, 2.75) is 57.5 Å². The minimum absolute atomic E-state index is 0.0879. The third-order valence-electron chi connectivity index (χ3n) is 5.60. The first-order valence-electron chi connectivity index (χ1n) is 8.72. The second-order valence-electron chi connectivity index (χ2n) is 7.34. The van der Waals surface area contributed by atoms with E-state index in [1.54, 1.807) is 0 Å². The summed E-state index contributed by atoms with van der Waals surface area (Å²) in [4.78, 5) is 2.75. The van der Waals surface area contributed by atoms with Gasteiger partial charge in [-0.15, -0.1) is 0 Å². The maximum absolute atomic E-state index is 3.82. The van der Waals surface area contributed by atoms with Crippen molar-refractivity contribution in [2.75, 3.05) is 19.6 Å². The zero-order chi connectivity index (χ0) is 14.7. The van der Waals surface area contributed by atoms with Gasteiger partial charge in [0.2, 0.25) is 0 Å². The number of benzene rings is 1. The highest BCUT2D eigenvalue weighted by Crippen LogP contribution is 2.30. The van der Waals surface area contributed by atoms with Gasteiger partial charge in [-0.2, -0.15) is 0 Å². The molecule has 2 aliphatic rings. The summed E-state index contributed by atoms with van der Waals surface area (Å²) in [7, 11) is 0. The Morgan fingerprint density at radius 3 is 2.57 bits per heavy atom. The molecular formula is C19H30N2. The van der Waals surface area contributed by atoms with Crippen molar-refractivity contribution in [3.63, 3.8) is 0 Å². The van der Waals surface area contributed by atoms with E-state index >= 15 is 0 Å². The van der Waals surface area contributed by atoms with Gasteiger partial charge in [0.15, 0.2) is 0 Å². The summed E-state index contributed by atoms with van der Waals surface area (Å²) in [5.41, 5.74) is 1.51. The van der Waals surface area contributed by atoms with Gasteiger partial charge >= 0.3 is 0 Å². The van der Waals surface area contributed by atoms with E-state index in [9.17, 15) is 0 Å². The number of nitrogens with one attached hydrogen (secondary N) is 1. The summed E-state index contributed by atoms with van der Waals surface area (Å²) in [6, 6.07) is 11.7. The molecule has 1 N–H and O–H groups in total. The molecule has 2 unspecified atom stereocenters. The highest BCUT2D eigenvalue weighted by atomic mass is 15.2. The Morgan fingerprint density at radius 2 is 1.86 bits per heavy atom. The van der Waals surface area contributed by atoms with Crippen LogP contribution in [-0.4, -0.2) is 30.6 Å². The van der Waals surface area contributed by atoms with Gasteiger partial charge in [0.25, 0.3) is 0 Å². The molecular weight excluding hydrogens is 256 g/mol. The standard InChI is InChI=1S/C19H30N2/c1-16-12-13-20-19(2,18-10-4-3-5-11-18)15-21(16)14-17-8-6-7-9-17/h3-5,10-11,16-17,20H,6-9,12-15H2,1-2H3. The van der Waals surface area contributed by atoms with Crippen LogP contribution in [0.4, 0.5) is 0 Å². The summed E-state index contributed by atoms with van der Waals surface area (Å²) in [5, 5.41) is 3.82. The average molecular weight is 286 g/mol. The fourth-order valence-electron chi connectivity index (χ4n) is 4.13. The van der Waals surface area contributed by atoms with Gasteiger partial charge in [0.1, 0.15) is 0 Å². The van der Waals surface area contributed by atoms with E-state index in [0.717, 1.165) is 19.0 Å². The van der Waals surface area contributed by atoms with E-state index in [4.69, 9.17) is 0 Å². The van der Waals surface area contributed by atoms with Crippen molar-refractivity contribution in [2.24, 2.45) is 5.92 Å². The van der Waals surface area contributed by atoms with Gasteiger partial charge in [-0.1, -0.05) is 43.2 Å². The molecule has 0 spiro atoms. The van der Waals surface area contributed by atoms with Gasteiger partial charge in [-0.05, 0) is 51.1 Å². The van der Waals surface area contributed by atoms with E-state index in [0.29, 0.717) is 6.04 Å². The molecule has 2 fully saturated rings. The third kappa shape index (κ3) is 3.49. The highest BCUT2D eigenvalue weighted by molar-refractivity contribution is 5.24. The lowest BCUT2D eigenvalue weighted by Crippen LogP contribution is -2.48. The molecule has 1 aliphatic heterocycles. The van der Waals surface area contributed by atoms with Crippen molar-refractivity contribution < 1.29 is 0 Å². The molecule has 0 aromatic heterocycles. The van der Waals surface area contributed by atoms with Crippen molar-refractivity contribution in [1.29, 1.82) is 0 Å². The Morgan fingerprint density at radius 1 is 1.14 bits per heavy atom. The SMILES string of the molecule is CC1CCNC(C)(c2ccccc2)CN1CC1CCCC1. The van der Waals surface area contributed by atoms with Crippen LogP contribution in [0, 0.1) is 5.92 Å². The normalized spacial score (nSPS) is 32.2. The number of hydrogen-bond donors (Lipinski definition) is 1. The minimum atomic E-state index is 0.0879. The number of rotatable bonds is 3. The van der Waals surface area contributed by atoms with Gasteiger partial charge in [-0.25, -0.2) is 0 Å². The first-order chi connectivity index (χ1) is 10.2. The second-order valence-corrected chi connectivity index (χ2v) is 7.34. The minimum Gasteiger partial charge on any atom is -0.306 e. The number of hydrogen-bond acceptors (Lipinski definition) is 2. The highest BCUT2D eigenvalue weighted by Gasteiger charge is 2.34. The molecule has 2 nitrogen and oxygen atoms in total. The van der Waals surface area contributed by atoms with E-state index in [1.165, 1.54) is 44.2 Å². The van der Waals surface area contributed by atoms with Crippen LogP contribution in [0.15, 0.2) is 30.3 Å². The molecule has 116 valence electrons. The monoisotopic (exact) mass is 286 g/mol. The van der Waals surface area contributed by atoms with Gasteiger partial charge in [-0.3, -0.25) is 4.90 Å². The molecule has 1 aromatic rings. The van der Waals surface area contributed by atoms with Crippen LogP contribution in [0.25, 0.3) is 0 Å². The van der Waals surface area contributed by atoms with Crippen molar-refractivity contribution in [1.82, 2.24) is 10.2 Å². The lowest BCUT2D eigenvalue weighted by molar-refractivity contribution is 0.149. The zero-order valence-electron chi connectivity index (χ0n) is 13.6. The summed E-state index contributed by atoms with van der Waals surface area (Å²) < 4.78 is 0. The van der Waals surface area contributed by atoms with Crippen LogP contribution >= 0.6 is 0 Å². The first-order valence-corrected chi connectivity index (χ1v) is 8.72. The Kier molecular flexibility index (Phi) is 4.66. The maximum Gasteiger partial charge on any atom is 0.0535 e. The molecule has 1 heterocycles. The van der Waals surface area contributed by atoms with E-state index in [-0.39, 0.29) is 5.54 Å². The molecule has 1 aromatic carbocycles. The smallest absolute Gasteiger partial charge is 0.0535 e. The third-order valence-corrected chi connectivity index (χ3v) is 5.60. The quantitative estimate of drug-likeness (QED) is 0.910. The fraction of sp³-hybridized carbons (Fsp3) is 0.684. The summed E-state index contributed by atoms with van der Waals surface area (Å²) in [6.07, 6.45) is 7.04. The van der Waals surface area contributed by atoms with Gasteiger partial charge in [0, 0.05) is 19.1 Å². The Balaban J connectivity index is 1.76. The lowest BCUT2D eigenvalue weighted by Gasteiger charge is -2.37. The van der Waals surface area contributed by atoms with E-state index in [1.807, 2.05) is 0 Å². The first kappa shape index (κ1) is 15.1. The van der Waals surface area contributed by atoms with E-state index in [2.05, 4.69) is 54.4 Å². The van der Waals surface area contributed by atoms with Crippen molar-refractivity contribution >= 4 is 0 Å². The molecule has 0 amide bonds. The van der Waals surface area contributed by atoms with Crippen LogP contribution < -0.4 is 5.32 Å². The van der Waals surface area contributed by atoms with Gasteiger partial charge < -0.3 is 5.32 Å². The topological polar surface area (TPSA) is 15.3 Å². The maximum atomic E-state index is 3.82. The largest absolute Gasteiger partial charge is 0.306 e. The lowest BCUT2D eigenvalue weighted by atomic mass is 9.91. The average Bonchev–Trinajstić information content (AvgIpc) is 2.95. The predicted molar refractivity (Wildman–Crippen MR) is 89.4 cm³/mol. The molecule has 2 heteroatoms. The van der Waals surface area contributed by atoms with Crippen molar-refractivity contribution in [3.8, 4) is 0 Å². The Bertz CT molecular complexity index is 438. The van der Waals surface area contributed by atoms with Crippen LogP contribution in [0.3, 0.4) is 0 Å². The van der Waals surface area contributed by atoms with Gasteiger partial charge in [0.05, 0.1) is 5.54 Å². The molecule has 0 bridgehead atoms. The number of nitrogens with zero attached hydrogens (tertiary/aromatic N) is 1.